The number of carbonyl (C=O) groups excluding carboxylic acids is 2. The molecule has 0 bridgehead atoms. The van der Waals surface area contributed by atoms with Gasteiger partial charge in [-0.25, -0.2) is 4.39 Å². The normalized spacial score (nSPS) is 12.7. The molecule has 0 aliphatic heterocycles. The lowest BCUT2D eigenvalue weighted by molar-refractivity contribution is -0.143. The predicted octanol–water partition coefficient (Wildman–Crippen LogP) is 5.23. The Morgan fingerprint density at radius 1 is 1.10 bits per heavy atom. The molecule has 2 amide bonds. The first-order valence-corrected chi connectivity index (χ1v) is 10.9. The number of amides is 2. The summed E-state index contributed by atoms with van der Waals surface area (Å²) in [5, 5.41) is 3.67. The van der Waals surface area contributed by atoms with E-state index in [1.807, 2.05) is 20.8 Å². The Morgan fingerprint density at radius 3 is 2.35 bits per heavy atom. The fourth-order valence-electron chi connectivity index (χ4n) is 2.96. The molecule has 0 fully saturated rings. The van der Waals surface area contributed by atoms with Gasteiger partial charge in [-0.3, -0.25) is 9.59 Å². The molecule has 2 rings (SSSR count). The quantitative estimate of drug-likeness (QED) is 0.518. The Balaban J connectivity index is 2.22. The highest BCUT2D eigenvalue weighted by Gasteiger charge is 2.29. The molecule has 0 radical (unpaired) electrons. The first-order valence-electron chi connectivity index (χ1n) is 10.2. The van der Waals surface area contributed by atoms with Crippen molar-refractivity contribution >= 4 is 35.0 Å². The van der Waals surface area contributed by atoms with Gasteiger partial charge in [0, 0.05) is 17.6 Å². The van der Waals surface area contributed by atoms with Gasteiger partial charge in [-0.15, -0.1) is 0 Å². The zero-order chi connectivity index (χ0) is 23.0. The molecule has 0 heterocycles. The smallest absolute Gasteiger partial charge is 0.261 e. The molecular formula is C23H27Cl2FN2O3. The van der Waals surface area contributed by atoms with Crippen molar-refractivity contribution in [3.05, 3.63) is 63.9 Å². The van der Waals surface area contributed by atoms with E-state index in [0.29, 0.717) is 22.8 Å². The minimum Gasteiger partial charge on any atom is -0.482 e. The number of carbonyl (C=O) groups is 2. The minimum absolute atomic E-state index is 0.0200. The minimum atomic E-state index is -0.698. The fraction of sp³-hybridized carbons (Fsp3) is 0.391. The zero-order valence-electron chi connectivity index (χ0n) is 17.8. The number of rotatable bonds is 10. The van der Waals surface area contributed by atoms with Crippen LogP contribution in [-0.2, 0) is 16.1 Å². The summed E-state index contributed by atoms with van der Waals surface area (Å²) in [4.78, 5) is 27.4. The van der Waals surface area contributed by atoms with E-state index in [4.69, 9.17) is 27.9 Å². The van der Waals surface area contributed by atoms with E-state index in [2.05, 4.69) is 5.32 Å². The molecule has 0 aromatic heterocycles. The maximum Gasteiger partial charge on any atom is 0.261 e. The molecule has 2 aromatic rings. The highest BCUT2D eigenvalue weighted by molar-refractivity contribution is 6.35. The summed E-state index contributed by atoms with van der Waals surface area (Å²) in [6.07, 6.45) is 1.18. The van der Waals surface area contributed by atoms with Gasteiger partial charge in [-0.2, -0.15) is 0 Å². The summed E-state index contributed by atoms with van der Waals surface area (Å²) in [6, 6.07) is 9.81. The van der Waals surface area contributed by atoms with Crippen molar-refractivity contribution in [3.8, 4) is 5.75 Å². The van der Waals surface area contributed by atoms with E-state index in [1.165, 1.54) is 23.1 Å². The summed E-state index contributed by atoms with van der Waals surface area (Å²) < 4.78 is 18.9. The highest BCUT2D eigenvalue weighted by atomic mass is 35.5. The third kappa shape index (κ3) is 7.40. The molecule has 0 unspecified atom stereocenters. The van der Waals surface area contributed by atoms with E-state index in [9.17, 15) is 14.0 Å². The van der Waals surface area contributed by atoms with Crippen LogP contribution in [0.2, 0.25) is 10.0 Å². The van der Waals surface area contributed by atoms with Crippen LogP contribution in [-0.4, -0.2) is 35.4 Å². The van der Waals surface area contributed by atoms with Crippen molar-refractivity contribution in [1.29, 1.82) is 0 Å². The highest BCUT2D eigenvalue weighted by Crippen LogP contribution is 2.27. The van der Waals surface area contributed by atoms with Crippen LogP contribution in [0.15, 0.2) is 42.5 Å². The summed E-state index contributed by atoms with van der Waals surface area (Å²) in [6.45, 7) is 5.54. The molecule has 2 aromatic carbocycles. The number of ether oxygens (including phenoxy) is 1. The number of nitrogens with one attached hydrogen (secondary N) is 1. The number of benzene rings is 2. The number of halogens is 3. The average Bonchev–Trinajstić information content (AvgIpc) is 2.74. The van der Waals surface area contributed by atoms with Crippen LogP contribution in [0.5, 0.6) is 5.75 Å². The van der Waals surface area contributed by atoms with Crippen molar-refractivity contribution in [3.63, 3.8) is 0 Å². The van der Waals surface area contributed by atoms with E-state index in [1.54, 1.807) is 24.3 Å². The lowest BCUT2D eigenvalue weighted by Gasteiger charge is -2.31. The van der Waals surface area contributed by atoms with Crippen molar-refractivity contribution in [2.75, 3.05) is 6.61 Å². The first-order chi connectivity index (χ1) is 14.7. The molecule has 0 aliphatic rings. The monoisotopic (exact) mass is 468 g/mol. The molecule has 0 saturated heterocycles. The lowest BCUT2D eigenvalue weighted by atomic mass is 10.1. The molecule has 0 spiro atoms. The Hall–Kier alpha value is -2.31. The van der Waals surface area contributed by atoms with Crippen molar-refractivity contribution in [1.82, 2.24) is 10.2 Å². The standard InChI is InChI=1S/C23H27Cl2FN2O3/c1-4-15(3)27-23(30)20(5-2)28(13-16-6-9-18(26)10-7-16)22(29)14-31-21-11-8-17(24)12-19(21)25/h6-12,15,20H,4-5,13-14H2,1-3H3,(H,27,30)/t15-,20-/m1/s1. The van der Waals surface area contributed by atoms with Gasteiger partial charge in [0.25, 0.3) is 5.91 Å². The van der Waals surface area contributed by atoms with Gasteiger partial charge in [-0.1, -0.05) is 49.2 Å². The number of nitrogens with zero attached hydrogens (tertiary/aromatic N) is 1. The third-order valence-electron chi connectivity index (χ3n) is 4.90. The van der Waals surface area contributed by atoms with Gasteiger partial charge in [0.05, 0.1) is 5.02 Å². The lowest BCUT2D eigenvalue weighted by Crippen LogP contribution is -2.51. The second-order valence-electron chi connectivity index (χ2n) is 7.25. The molecule has 168 valence electrons. The van der Waals surface area contributed by atoms with Crippen LogP contribution in [0.25, 0.3) is 0 Å². The Kier molecular flexibility index (Phi) is 9.59. The molecule has 31 heavy (non-hydrogen) atoms. The predicted molar refractivity (Wildman–Crippen MR) is 121 cm³/mol. The van der Waals surface area contributed by atoms with Crippen LogP contribution >= 0.6 is 23.2 Å². The van der Waals surface area contributed by atoms with E-state index < -0.39 is 6.04 Å². The SMILES string of the molecule is CC[C@@H](C)NC(=O)[C@@H](CC)N(Cc1ccc(F)cc1)C(=O)COc1ccc(Cl)cc1Cl. The van der Waals surface area contributed by atoms with Crippen molar-refractivity contribution in [2.24, 2.45) is 0 Å². The molecule has 0 saturated carbocycles. The molecule has 8 heteroatoms. The first kappa shape index (κ1) is 25.0. The second kappa shape index (κ2) is 11.9. The fourth-order valence-corrected chi connectivity index (χ4v) is 3.42. The molecular weight excluding hydrogens is 442 g/mol. The second-order valence-corrected chi connectivity index (χ2v) is 8.10. The van der Waals surface area contributed by atoms with E-state index in [0.717, 1.165) is 6.42 Å². The van der Waals surface area contributed by atoms with Crippen LogP contribution < -0.4 is 10.1 Å². The largest absolute Gasteiger partial charge is 0.482 e. The topological polar surface area (TPSA) is 58.6 Å². The number of hydrogen-bond donors (Lipinski definition) is 1. The Bertz CT molecular complexity index is 893. The average molecular weight is 469 g/mol. The molecule has 1 N–H and O–H groups in total. The molecule has 5 nitrogen and oxygen atoms in total. The van der Waals surface area contributed by atoms with Gasteiger partial charge in [-0.05, 0) is 55.7 Å². The van der Waals surface area contributed by atoms with E-state index in [-0.39, 0.29) is 41.8 Å². The van der Waals surface area contributed by atoms with Crippen molar-refractivity contribution < 1.29 is 18.7 Å². The van der Waals surface area contributed by atoms with Crippen LogP contribution in [0, 0.1) is 5.82 Å². The summed E-state index contributed by atoms with van der Waals surface area (Å²) in [5.74, 6) is -0.680. The Morgan fingerprint density at radius 2 is 1.77 bits per heavy atom. The number of hydrogen-bond acceptors (Lipinski definition) is 3. The third-order valence-corrected chi connectivity index (χ3v) is 5.43. The van der Waals surface area contributed by atoms with Crippen LogP contribution in [0.3, 0.4) is 0 Å². The summed E-state index contributed by atoms with van der Waals surface area (Å²) >= 11 is 12.0. The van der Waals surface area contributed by atoms with Gasteiger partial charge in [0.1, 0.15) is 17.6 Å². The van der Waals surface area contributed by atoms with Crippen molar-refractivity contribution in [2.45, 2.75) is 52.2 Å². The maximum absolute atomic E-state index is 13.3. The van der Waals surface area contributed by atoms with Crippen LogP contribution in [0.4, 0.5) is 4.39 Å². The van der Waals surface area contributed by atoms with Crippen LogP contribution in [0.1, 0.15) is 39.2 Å². The zero-order valence-corrected chi connectivity index (χ0v) is 19.3. The maximum atomic E-state index is 13.3. The summed E-state index contributed by atoms with van der Waals surface area (Å²) in [5.41, 5.74) is 0.703. The Labute approximate surface area is 192 Å². The van der Waals surface area contributed by atoms with Gasteiger partial charge >= 0.3 is 0 Å². The molecule has 0 aliphatic carbocycles. The van der Waals surface area contributed by atoms with Gasteiger partial charge in [0.2, 0.25) is 5.91 Å². The van der Waals surface area contributed by atoms with E-state index >= 15 is 0 Å². The van der Waals surface area contributed by atoms with Gasteiger partial charge < -0.3 is 15.0 Å². The summed E-state index contributed by atoms with van der Waals surface area (Å²) in [7, 11) is 0. The van der Waals surface area contributed by atoms with Gasteiger partial charge in [0.15, 0.2) is 6.61 Å². The molecule has 2 atom stereocenters.